The summed E-state index contributed by atoms with van der Waals surface area (Å²) in [6.45, 7) is -0.347. The highest BCUT2D eigenvalue weighted by atomic mass is 19.1. The highest BCUT2D eigenvalue weighted by Gasteiger charge is 2.07. The van der Waals surface area contributed by atoms with Crippen molar-refractivity contribution >= 4 is 11.6 Å². The van der Waals surface area contributed by atoms with Gasteiger partial charge in [0.1, 0.15) is 12.4 Å². The van der Waals surface area contributed by atoms with Crippen molar-refractivity contribution in [3.8, 4) is 11.8 Å². The molecule has 0 saturated carbocycles. The van der Waals surface area contributed by atoms with Gasteiger partial charge < -0.3 is 10.4 Å². The number of rotatable bonds is 2. The van der Waals surface area contributed by atoms with E-state index < -0.39 is 5.82 Å². The Morgan fingerprint density at radius 1 is 1.20 bits per heavy atom. The van der Waals surface area contributed by atoms with Crippen molar-refractivity contribution in [2.45, 2.75) is 0 Å². The molecule has 0 heterocycles. The van der Waals surface area contributed by atoms with Gasteiger partial charge in [0.05, 0.1) is 5.56 Å². The monoisotopic (exact) mass is 269 g/mol. The Morgan fingerprint density at radius 3 is 2.65 bits per heavy atom. The second-order valence-corrected chi connectivity index (χ2v) is 3.97. The molecule has 2 N–H and O–H groups in total. The Labute approximate surface area is 116 Å². The van der Waals surface area contributed by atoms with Crippen LogP contribution in [0.15, 0.2) is 48.5 Å². The average molecular weight is 269 g/mol. The van der Waals surface area contributed by atoms with E-state index in [0.717, 1.165) is 0 Å². The number of nitrogens with one attached hydrogen (secondary N) is 1. The van der Waals surface area contributed by atoms with Gasteiger partial charge in [0, 0.05) is 11.3 Å². The van der Waals surface area contributed by atoms with E-state index >= 15 is 0 Å². The molecule has 4 heteroatoms. The minimum atomic E-state index is -0.497. The Morgan fingerprint density at radius 2 is 1.95 bits per heavy atom. The average Bonchev–Trinajstić information content (AvgIpc) is 2.48. The van der Waals surface area contributed by atoms with Gasteiger partial charge in [-0.3, -0.25) is 4.79 Å². The van der Waals surface area contributed by atoms with E-state index in [1.54, 1.807) is 24.3 Å². The summed E-state index contributed by atoms with van der Waals surface area (Å²) < 4.78 is 13.5. The summed E-state index contributed by atoms with van der Waals surface area (Å²) in [6.07, 6.45) is 0. The lowest BCUT2D eigenvalue weighted by atomic mass is 10.1. The Bertz CT molecular complexity index is 672. The minimum Gasteiger partial charge on any atom is -0.384 e. The predicted molar refractivity (Wildman–Crippen MR) is 74.8 cm³/mol. The molecule has 0 aliphatic heterocycles. The molecule has 0 spiro atoms. The first-order valence-electron chi connectivity index (χ1n) is 5.96. The van der Waals surface area contributed by atoms with E-state index in [-0.39, 0.29) is 18.1 Å². The molecule has 0 atom stereocenters. The first-order chi connectivity index (χ1) is 9.70. The van der Waals surface area contributed by atoms with E-state index in [2.05, 4.69) is 17.2 Å². The van der Waals surface area contributed by atoms with Crippen LogP contribution in [0.2, 0.25) is 0 Å². The maximum absolute atomic E-state index is 13.5. The number of halogens is 1. The lowest BCUT2D eigenvalue weighted by molar-refractivity contribution is 0.102. The van der Waals surface area contributed by atoms with Crippen LogP contribution in [0.3, 0.4) is 0 Å². The minimum absolute atomic E-state index is 0.130. The van der Waals surface area contributed by atoms with Crippen LogP contribution < -0.4 is 5.32 Å². The molecule has 0 fully saturated rings. The lowest BCUT2D eigenvalue weighted by Gasteiger charge is -2.06. The SMILES string of the molecule is O=C(Nc1ccc(F)c(C#CCO)c1)c1ccccc1. The maximum atomic E-state index is 13.5. The van der Waals surface area contributed by atoms with Gasteiger partial charge >= 0.3 is 0 Å². The van der Waals surface area contributed by atoms with Gasteiger partial charge in [0.2, 0.25) is 0 Å². The van der Waals surface area contributed by atoms with Crippen molar-refractivity contribution in [2.24, 2.45) is 0 Å². The van der Waals surface area contributed by atoms with Crippen molar-refractivity contribution in [1.29, 1.82) is 0 Å². The smallest absolute Gasteiger partial charge is 0.255 e. The van der Waals surface area contributed by atoms with Gasteiger partial charge in [-0.25, -0.2) is 4.39 Å². The topological polar surface area (TPSA) is 49.3 Å². The summed E-state index contributed by atoms with van der Waals surface area (Å²) in [5.41, 5.74) is 1.09. The van der Waals surface area contributed by atoms with E-state index in [1.807, 2.05) is 6.07 Å². The van der Waals surface area contributed by atoms with Gasteiger partial charge in [-0.1, -0.05) is 30.0 Å². The standard InChI is InChI=1S/C16H12FNO2/c17-15-9-8-14(11-13(15)7-4-10-19)18-16(20)12-5-2-1-3-6-12/h1-3,5-6,8-9,11,19H,10H2,(H,18,20). The lowest BCUT2D eigenvalue weighted by Crippen LogP contribution is -2.11. The molecular weight excluding hydrogens is 257 g/mol. The Balaban J connectivity index is 2.20. The number of anilines is 1. The van der Waals surface area contributed by atoms with Crippen molar-refractivity contribution in [3.05, 3.63) is 65.5 Å². The number of aliphatic hydroxyl groups is 1. The fourth-order valence-corrected chi connectivity index (χ4v) is 1.63. The summed E-state index contributed by atoms with van der Waals surface area (Å²) in [6, 6.07) is 12.8. The number of amides is 1. The molecule has 3 nitrogen and oxygen atoms in total. The molecule has 100 valence electrons. The van der Waals surface area contributed by atoms with Crippen molar-refractivity contribution in [3.63, 3.8) is 0 Å². The van der Waals surface area contributed by atoms with Crippen LogP contribution in [0.25, 0.3) is 0 Å². The van der Waals surface area contributed by atoms with Crippen molar-refractivity contribution < 1.29 is 14.3 Å². The molecule has 2 aromatic rings. The number of hydrogen-bond acceptors (Lipinski definition) is 2. The molecule has 0 saturated heterocycles. The van der Waals surface area contributed by atoms with E-state index in [1.165, 1.54) is 18.2 Å². The molecular formula is C16H12FNO2. The molecule has 0 aliphatic carbocycles. The van der Waals surface area contributed by atoms with Gasteiger partial charge in [-0.2, -0.15) is 0 Å². The summed E-state index contributed by atoms with van der Waals surface area (Å²) >= 11 is 0. The van der Waals surface area contributed by atoms with E-state index in [9.17, 15) is 9.18 Å². The number of hydrogen-bond donors (Lipinski definition) is 2. The van der Waals surface area contributed by atoms with Crippen LogP contribution in [-0.4, -0.2) is 17.6 Å². The third kappa shape index (κ3) is 3.44. The predicted octanol–water partition coefficient (Wildman–Crippen LogP) is 2.42. The van der Waals surface area contributed by atoms with E-state index in [0.29, 0.717) is 11.3 Å². The van der Waals surface area contributed by atoms with Crippen molar-refractivity contribution in [2.75, 3.05) is 11.9 Å². The third-order valence-electron chi connectivity index (χ3n) is 2.56. The van der Waals surface area contributed by atoms with Crippen molar-refractivity contribution in [1.82, 2.24) is 0 Å². The number of carbonyl (C=O) groups is 1. The molecule has 1 amide bonds. The quantitative estimate of drug-likeness (QED) is 0.823. The molecule has 0 bridgehead atoms. The second-order valence-electron chi connectivity index (χ2n) is 3.97. The normalized spacial score (nSPS) is 9.50. The first kappa shape index (κ1) is 13.8. The Kier molecular flexibility index (Phi) is 4.48. The van der Waals surface area contributed by atoms with Gasteiger partial charge in [0.15, 0.2) is 0 Å². The third-order valence-corrected chi connectivity index (χ3v) is 2.56. The Hall–Kier alpha value is -2.64. The van der Waals surface area contributed by atoms with Crippen LogP contribution >= 0.6 is 0 Å². The van der Waals surface area contributed by atoms with Crippen LogP contribution in [0.1, 0.15) is 15.9 Å². The zero-order chi connectivity index (χ0) is 14.4. The van der Waals surface area contributed by atoms with Crippen LogP contribution in [-0.2, 0) is 0 Å². The first-order valence-corrected chi connectivity index (χ1v) is 5.96. The fourth-order valence-electron chi connectivity index (χ4n) is 1.63. The second kappa shape index (κ2) is 6.50. The molecule has 2 rings (SSSR count). The molecule has 20 heavy (non-hydrogen) atoms. The largest absolute Gasteiger partial charge is 0.384 e. The molecule has 0 radical (unpaired) electrons. The molecule has 0 aliphatic rings. The summed E-state index contributed by atoms with van der Waals surface area (Å²) in [5.74, 6) is 4.08. The zero-order valence-corrected chi connectivity index (χ0v) is 10.6. The summed E-state index contributed by atoms with van der Waals surface area (Å²) in [5, 5.41) is 11.3. The van der Waals surface area contributed by atoms with Crippen LogP contribution in [0.5, 0.6) is 0 Å². The van der Waals surface area contributed by atoms with E-state index in [4.69, 9.17) is 5.11 Å². The van der Waals surface area contributed by atoms with Gasteiger partial charge in [-0.15, -0.1) is 0 Å². The van der Waals surface area contributed by atoms with Gasteiger partial charge in [-0.05, 0) is 30.3 Å². The molecule has 0 aromatic heterocycles. The maximum Gasteiger partial charge on any atom is 0.255 e. The highest BCUT2D eigenvalue weighted by molar-refractivity contribution is 6.04. The molecule has 0 unspecified atom stereocenters. The van der Waals surface area contributed by atoms with Gasteiger partial charge in [0.25, 0.3) is 5.91 Å². The highest BCUT2D eigenvalue weighted by Crippen LogP contribution is 2.15. The summed E-state index contributed by atoms with van der Waals surface area (Å²) in [7, 11) is 0. The summed E-state index contributed by atoms with van der Waals surface area (Å²) in [4.78, 5) is 11.9. The fraction of sp³-hybridized carbons (Fsp3) is 0.0625. The number of carbonyl (C=O) groups excluding carboxylic acids is 1. The number of aliphatic hydroxyl groups excluding tert-OH is 1. The number of benzene rings is 2. The van der Waals surface area contributed by atoms with Crippen LogP contribution in [0.4, 0.5) is 10.1 Å². The van der Waals surface area contributed by atoms with Crippen LogP contribution in [0, 0.1) is 17.7 Å². The molecule has 2 aromatic carbocycles. The zero-order valence-electron chi connectivity index (χ0n) is 10.6.